The lowest BCUT2D eigenvalue weighted by Crippen LogP contribution is -2.34. The molecule has 1 N–H and O–H groups in total. The number of carbonyl (C=O) groups excluding carboxylic acids is 1. The van der Waals surface area contributed by atoms with E-state index in [-0.39, 0.29) is 18.1 Å². The largest absolute Gasteiger partial charge is 0.384 e. The number of hydrogen-bond donors (Lipinski definition) is 1. The Balaban J connectivity index is 2.27. The van der Waals surface area contributed by atoms with E-state index in [4.69, 9.17) is 5.11 Å². The number of carbonyl (C=O) groups is 1. The molecule has 1 aliphatic carbocycles. The number of rotatable bonds is 5. The van der Waals surface area contributed by atoms with E-state index in [0.29, 0.717) is 18.0 Å². The van der Waals surface area contributed by atoms with Crippen molar-refractivity contribution in [3.63, 3.8) is 0 Å². The molecule has 3 nitrogen and oxygen atoms in total. The van der Waals surface area contributed by atoms with Gasteiger partial charge in [-0.3, -0.25) is 4.79 Å². The van der Waals surface area contributed by atoms with Crippen LogP contribution in [-0.2, 0) is 0 Å². The second-order valence-electron chi connectivity index (χ2n) is 5.34. The zero-order valence-electron chi connectivity index (χ0n) is 12.2. The third-order valence-corrected chi connectivity index (χ3v) is 3.47. The predicted octanol–water partition coefficient (Wildman–Crippen LogP) is 2.43. The van der Waals surface area contributed by atoms with Crippen molar-refractivity contribution in [1.82, 2.24) is 4.90 Å². The molecule has 0 spiro atoms. The Kier molecular flexibility index (Phi) is 5.35. The van der Waals surface area contributed by atoms with Gasteiger partial charge < -0.3 is 10.0 Å². The van der Waals surface area contributed by atoms with E-state index in [1.165, 1.54) is 18.2 Å². The standard InChI is InChI=1S/C17H20FNO2/c1-2-9-19(12-13-5-6-13)17(21)16-11-15(18)8-7-14(16)4-3-10-20/h7-8,11,13,20H,2,5-6,9-10,12H2,1H3. The molecule has 0 atom stereocenters. The summed E-state index contributed by atoms with van der Waals surface area (Å²) in [4.78, 5) is 14.5. The van der Waals surface area contributed by atoms with Crippen LogP contribution < -0.4 is 0 Å². The van der Waals surface area contributed by atoms with Gasteiger partial charge in [0.25, 0.3) is 5.91 Å². The van der Waals surface area contributed by atoms with E-state index >= 15 is 0 Å². The first kappa shape index (κ1) is 15.5. The van der Waals surface area contributed by atoms with Crippen molar-refractivity contribution in [1.29, 1.82) is 0 Å². The quantitative estimate of drug-likeness (QED) is 0.846. The van der Waals surface area contributed by atoms with Crippen molar-refractivity contribution in [2.24, 2.45) is 5.92 Å². The van der Waals surface area contributed by atoms with E-state index in [9.17, 15) is 9.18 Å². The van der Waals surface area contributed by atoms with Gasteiger partial charge in [-0.2, -0.15) is 0 Å². The van der Waals surface area contributed by atoms with Gasteiger partial charge in [0.05, 0.1) is 5.56 Å². The Morgan fingerprint density at radius 3 is 2.86 bits per heavy atom. The number of halogens is 1. The van der Waals surface area contributed by atoms with E-state index in [1.54, 1.807) is 4.90 Å². The molecule has 0 heterocycles. The summed E-state index contributed by atoms with van der Waals surface area (Å²) in [6, 6.07) is 4.01. The first-order valence-electron chi connectivity index (χ1n) is 7.34. The summed E-state index contributed by atoms with van der Waals surface area (Å²) in [7, 11) is 0. The average molecular weight is 289 g/mol. The fraction of sp³-hybridized carbons (Fsp3) is 0.471. The number of aliphatic hydroxyl groups is 1. The van der Waals surface area contributed by atoms with Gasteiger partial charge in [-0.25, -0.2) is 4.39 Å². The molecule has 1 amide bonds. The Bertz CT molecular complexity index is 570. The Morgan fingerprint density at radius 1 is 1.48 bits per heavy atom. The van der Waals surface area contributed by atoms with Gasteiger partial charge in [0.2, 0.25) is 0 Å². The minimum atomic E-state index is -0.448. The molecule has 0 unspecified atom stereocenters. The first-order valence-corrected chi connectivity index (χ1v) is 7.34. The second kappa shape index (κ2) is 7.24. The monoisotopic (exact) mass is 289 g/mol. The highest BCUT2D eigenvalue weighted by Gasteiger charge is 2.27. The van der Waals surface area contributed by atoms with Crippen LogP contribution in [0.3, 0.4) is 0 Å². The fourth-order valence-electron chi connectivity index (χ4n) is 2.27. The molecule has 112 valence electrons. The molecule has 1 fully saturated rings. The van der Waals surface area contributed by atoms with Crippen LogP contribution in [0.1, 0.15) is 42.1 Å². The normalized spacial score (nSPS) is 13.5. The summed E-state index contributed by atoms with van der Waals surface area (Å²) in [5.41, 5.74) is 0.748. The Labute approximate surface area is 124 Å². The smallest absolute Gasteiger partial charge is 0.255 e. The zero-order valence-corrected chi connectivity index (χ0v) is 12.2. The highest BCUT2D eigenvalue weighted by atomic mass is 19.1. The van der Waals surface area contributed by atoms with Gasteiger partial charge in [0.15, 0.2) is 0 Å². The Hall–Kier alpha value is -1.86. The maximum Gasteiger partial charge on any atom is 0.255 e. The SMILES string of the molecule is CCCN(CC1CC1)C(=O)c1cc(F)ccc1C#CCO. The van der Waals surface area contributed by atoms with Gasteiger partial charge in [-0.05, 0) is 43.4 Å². The Morgan fingerprint density at radius 2 is 2.24 bits per heavy atom. The van der Waals surface area contributed by atoms with Crippen LogP contribution in [0, 0.1) is 23.6 Å². The third-order valence-electron chi connectivity index (χ3n) is 3.47. The molecule has 1 aromatic rings. The fourth-order valence-corrected chi connectivity index (χ4v) is 2.27. The van der Waals surface area contributed by atoms with Crippen molar-refractivity contribution in [2.75, 3.05) is 19.7 Å². The molecule has 0 aliphatic heterocycles. The van der Waals surface area contributed by atoms with Crippen LogP contribution in [0.4, 0.5) is 4.39 Å². The van der Waals surface area contributed by atoms with Gasteiger partial charge in [-0.15, -0.1) is 0 Å². The molecule has 0 radical (unpaired) electrons. The predicted molar refractivity (Wildman–Crippen MR) is 79.3 cm³/mol. The van der Waals surface area contributed by atoms with Crippen LogP contribution in [0.2, 0.25) is 0 Å². The summed E-state index contributed by atoms with van der Waals surface area (Å²) in [5, 5.41) is 8.79. The van der Waals surface area contributed by atoms with E-state index in [2.05, 4.69) is 11.8 Å². The summed E-state index contributed by atoms with van der Waals surface area (Å²) >= 11 is 0. The molecule has 1 aliphatic rings. The zero-order chi connectivity index (χ0) is 15.2. The number of aliphatic hydroxyl groups excluding tert-OH is 1. The molecule has 1 saturated carbocycles. The van der Waals surface area contributed by atoms with Crippen molar-refractivity contribution < 1.29 is 14.3 Å². The molecule has 0 bridgehead atoms. The molecular formula is C17H20FNO2. The second-order valence-corrected chi connectivity index (χ2v) is 5.34. The van der Waals surface area contributed by atoms with Gasteiger partial charge in [0, 0.05) is 18.7 Å². The van der Waals surface area contributed by atoms with Crippen LogP contribution in [0.5, 0.6) is 0 Å². The van der Waals surface area contributed by atoms with Gasteiger partial charge in [0.1, 0.15) is 12.4 Å². The maximum absolute atomic E-state index is 13.5. The lowest BCUT2D eigenvalue weighted by Gasteiger charge is -2.22. The van der Waals surface area contributed by atoms with Crippen LogP contribution in [-0.4, -0.2) is 35.6 Å². The molecule has 4 heteroatoms. The summed E-state index contributed by atoms with van der Waals surface area (Å²) < 4.78 is 13.5. The van der Waals surface area contributed by atoms with Crippen molar-refractivity contribution in [3.8, 4) is 11.8 Å². The van der Waals surface area contributed by atoms with Gasteiger partial charge in [-0.1, -0.05) is 18.8 Å². The number of amides is 1. The molecule has 2 rings (SSSR count). The number of nitrogens with zero attached hydrogens (tertiary/aromatic N) is 1. The summed E-state index contributed by atoms with van der Waals surface area (Å²) in [5.74, 6) is 5.20. The minimum Gasteiger partial charge on any atom is -0.384 e. The number of hydrogen-bond acceptors (Lipinski definition) is 2. The summed E-state index contributed by atoms with van der Waals surface area (Å²) in [6.45, 7) is 3.13. The van der Waals surface area contributed by atoms with Crippen LogP contribution in [0.15, 0.2) is 18.2 Å². The van der Waals surface area contributed by atoms with E-state index in [0.717, 1.165) is 25.8 Å². The lowest BCUT2D eigenvalue weighted by molar-refractivity contribution is 0.0747. The van der Waals surface area contributed by atoms with Gasteiger partial charge >= 0.3 is 0 Å². The highest BCUT2D eigenvalue weighted by Crippen LogP contribution is 2.30. The van der Waals surface area contributed by atoms with E-state index in [1.807, 2.05) is 6.92 Å². The average Bonchev–Trinajstić information content (AvgIpc) is 3.29. The minimum absolute atomic E-state index is 0.175. The van der Waals surface area contributed by atoms with Crippen molar-refractivity contribution in [2.45, 2.75) is 26.2 Å². The van der Waals surface area contributed by atoms with Crippen molar-refractivity contribution >= 4 is 5.91 Å². The molecule has 1 aromatic carbocycles. The first-order chi connectivity index (χ1) is 10.2. The topological polar surface area (TPSA) is 40.5 Å². The lowest BCUT2D eigenvalue weighted by atomic mass is 10.1. The third kappa shape index (κ3) is 4.30. The van der Waals surface area contributed by atoms with Crippen molar-refractivity contribution in [3.05, 3.63) is 35.1 Å². The molecule has 0 saturated heterocycles. The molecular weight excluding hydrogens is 269 g/mol. The molecule has 21 heavy (non-hydrogen) atoms. The molecule has 0 aromatic heterocycles. The summed E-state index contributed by atoms with van der Waals surface area (Å²) in [6.07, 6.45) is 3.19. The van der Waals surface area contributed by atoms with Crippen LogP contribution in [0.25, 0.3) is 0 Å². The highest BCUT2D eigenvalue weighted by molar-refractivity contribution is 5.96. The maximum atomic E-state index is 13.5. The number of benzene rings is 1. The van der Waals surface area contributed by atoms with E-state index < -0.39 is 5.82 Å². The van der Waals surface area contributed by atoms with Crippen LogP contribution >= 0.6 is 0 Å².